The Hall–Kier alpha value is -3.60. The van der Waals surface area contributed by atoms with Crippen molar-refractivity contribution in [3.63, 3.8) is 0 Å². The molecule has 1 aromatic carbocycles. The lowest BCUT2D eigenvalue weighted by molar-refractivity contribution is -0.117. The minimum absolute atomic E-state index is 0.0566. The summed E-state index contributed by atoms with van der Waals surface area (Å²) in [6.45, 7) is 16.2. The minimum Gasteiger partial charge on any atom is -0.465 e. The first-order chi connectivity index (χ1) is 19.7. The van der Waals surface area contributed by atoms with Crippen LogP contribution in [-0.2, 0) is 16.1 Å². The normalized spacial score (nSPS) is 19.9. The maximum absolute atomic E-state index is 12.5. The molecule has 230 valence electrons. The first-order valence-corrected chi connectivity index (χ1v) is 14.9. The summed E-state index contributed by atoms with van der Waals surface area (Å²) in [6.07, 6.45) is 4.80. The predicted molar refractivity (Wildman–Crippen MR) is 161 cm³/mol. The molecule has 11 heteroatoms. The zero-order valence-electron chi connectivity index (χ0n) is 26.0. The van der Waals surface area contributed by atoms with Crippen LogP contribution in [0.1, 0.15) is 79.3 Å². The molecule has 1 aromatic heterocycles. The van der Waals surface area contributed by atoms with Gasteiger partial charge in [0.25, 0.3) is 0 Å². The molecular weight excluding hydrogens is 536 g/mol. The zero-order chi connectivity index (χ0) is 30.8. The number of hydrogen-bond donors (Lipinski definition) is 2. The van der Waals surface area contributed by atoms with Gasteiger partial charge in [0, 0.05) is 62.1 Å². The van der Waals surface area contributed by atoms with Crippen LogP contribution in [0.15, 0.2) is 30.6 Å². The summed E-state index contributed by atoms with van der Waals surface area (Å²) in [5.74, 6) is -0.0566. The Kier molecular flexibility index (Phi) is 9.50. The van der Waals surface area contributed by atoms with Gasteiger partial charge in [-0.15, -0.1) is 0 Å². The number of piperidine rings is 1. The Balaban J connectivity index is 1.43. The highest BCUT2D eigenvalue weighted by Gasteiger charge is 2.38. The average molecular weight is 583 g/mol. The van der Waals surface area contributed by atoms with Crippen molar-refractivity contribution in [2.45, 2.75) is 104 Å². The number of carboxylic acid groups (broad SMARTS) is 1. The van der Waals surface area contributed by atoms with Crippen LogP contribution in [0, 0.1) is 0 Å². The van der Waals surface area contributed by atoms with Crippen molar-refractivity contribution in [3.05, 3.63) is 36.2 Å². The van der Waals surface area contributed by atoms with Crippen LogP contribution in [-0.4, -0.2) is 86.1 Å². The molecule has 2 atom stereocenters. The molecule has 4 rings (SSSR count). The summed E-state index contributed by atoms with van der Waals surface area (Å²) in [5.41, 5.74) is 2.97. The van der Waals surface area contributed by atoms with Gasteiger partial charge in [-0.05, 0) is 84.1 Å². The number of rotatable bonds is 7. The molecule has 2 aromatic rings. The highest BCUT2D eigenvalue weighted by molar-refractivity contribution is 5.94. The summed E-state index contributed by atoms with van der Waals surface area (Å²) in [6, 6.07) is 5.37. The van der Waals surface area contributed by atoms with Crippen LogP contribution in [0.3, 0.4) is 0 Å². The van der Waals surface area contributed by atoms with Gasteiger partial charge < -0.3 is 25.0 Å². The maximum Gasteiger partial charge on any atom is 0.408 e. The van der Waals surface area contributed by atoms with Gasteiger partial charge in [-0.3, -0.25) is 14.4 Å². The van der Waals surface area contributed by atoms with Gasteiger partial charge in [0.15, 0.2) is 0 Å². The zero-order valence-corrected chi connectivity index (χ0v) is 26.0. The molecule has 1 saturated heterocycles. The Morgan fingerprint density at radius 2 is 1.83 bits per heavy atom. The van der Waals surface area contributed by atoms with Crippen molar-refractivity contribution in [3.8, 4) is 11.1 Å². The number of benzene rings is 1. The number of carbonyl (C=O) groups is 3. The molecule has 0 spiro atoms. The number of carbonyl (C=O) groups excluding carboxylic acids is 2. The first kappa shape index (κ1) is 31.3. The maximum atomic E-state index is 12.5. The van der Waals surface area contributed by atoms with Gasteiger partial charge in [0.05, 0.1) is 18.8 Å². The second-order valence-corrected chi connectivity index (χ2v) is 12.8. The number of aromatic nitrogens is 2. The fourth-order valence-electron chi connectivity index (χ4n) is 6.12. The number of amides is 3. The van der Waals surface area contributed by atoms with Gasteiger partial charge in [0.1, 0.15) is 5.60 Å². The van der Waals surface area contributed by atoms with E-state index >= 15 is 0 Å². The monoisotopic (exact) mass is 582 g/mol. The van der Waals surface area contributed by atoms with E-state index in [0.29, 0.717) is 6.42 Å². The standard InChI is InChI=1S/C31H46N6O5/c1-20(2)36(30(40)41)28-16-21(3)37(22(4)38)27-9-8-23(17-26(27)28)24-18-32-35(19-24)15-14-34-12-10-25(11-13-34)33-29(39)42-31(5,6)7/h8-9,17-21,25,28H,10-16H2,1-7H3,(H,33,39)(H,40,41). The van der Waals surface area contributed by atoms with E-state index in [4.69, 9.17) is 4.74 Å². The molecule has 0 aliphatic carbocycles. The molecule has 3 heterocycles. The lowest BCUT2D eigenvalue weighted by Crippen LogP contribution is -2.48. The molecule has 0 radical (unpaired) electrons. The number of hydrogen-bond acceptors (Lipinski definition) is 6. The predicted octanol–water partition coefficient (Wildman–Crippen LogP) is 5.11. The summed E-state index contributed by atoms with van der Waals surface area (Å²) in [5, 5.41) is 17.6. The lowest BCUT2D eigenvalue weighted by Gasteiger charge is -2.43. The Labute approximate surface area is 248 Å². The van der Waals surface area contributed by atoms with E-state index in [1.54, 1.807) is 11.8 Å². The summed E-state index contributed by atoms with van der Waals surface area (Å²) >= 11 is 0. The topological polar surface area (TPSA) is 120 Å². The van der Waals surface area contributed by atoms with Crippen molar-refractivity contribution in [1.29, 1.82) is 0 Å². The minimum atomic E-state index is -0.965. The van der Waals surface area contributed by atoms with Crippen molar-refractivity contribution in [2.75, 3.05) is 24.5 Å². The second kappa shape index (κ2) is 12.7. The van der Waals surface area contributed by atoms with E-state index in [-0.39, 0.29) is 36.2 Å². The van der Waals surface area contributed by atoms with Crippen molar-refractivity contribution >= 4 is 23.8 Å². The van der Waals surface area contributed by atoms with Crippen LogP contribution in [0.5, 0.6) is 0 Å². The highest BCUT2D eigenvalue weighted by Crippen LogP contribution is 2.43. The first-order valence-electron chi connectivity index (χ1n) is 14.9. The van der Waals surface area contributed by atoms with Crippen LogP contribution in [0.25, 0.3) is 11.1 Å². The van der Waals surface area contributed by atoms with E-state index < -0.39 is 11.7 Å². The quantitative estimate of drug-likeness (QED) is 0.465. The van der Waals surface area contributed by atoms with Crippen molar-refractivity contribution in [2.24, 2.45) is 0 Å². The van der Waals surface area contributed by atoms with Crippen LogP contribution in [0.4, 0.5) is 15.3 Å². The van der Waals surface area contributed by atoms with Gasteiger partial charge in [0.2, 0.25) is 5.91 Å². The van der Waals surface area contributed by atoms with Crippen LogP contribution < -0.4 is 10.2 Å². The largest absolute Gasteiger partial charge is 0.465 e. The summed E-state index contributed by atoms with van der Waals surface area (Å²) in [7, 11) is 0. The van der Waals surface area contributed by atoms with E-state index in [0.717, 1.165) is 61.4 Å². The molecule has 0 bridgehead atoms. The molecule has 42 heavy (non-hydrogen) atoms. The smallest absolute Gasteiger partial charge is 0.408 e. The third kappa shape index (κ3) is 7.42. The fraction of sp³-hybridized carbons (Fsp3) is 0.613. The average Bonchev–Trinajstić information content (AvgIpc) is 3.35. The second-order valence-electron chi connectivity index (χ2n) is 12.8. The third-order valence-corrected chi connectivity index (χ3v) is 8.02. The van der Waals surface area contributed by atoms with E-state index in [1.807, 2.05) is 76.8 Å². The number of fused-ring (bicyclic) bond motifs is 1. The van der Waals surface area contributed by atoms with Gasteiger partial charge >= 0.3 is 12.2 Å². The molecule has 0 saturated carbocycles. The Morgan fingerprint density at radius 3 is 2.43 bits per heavy atom. The molecule has 2 N–H and O–H groups in total. The van der Waals surface area contributed by atoms with Crippen molar-refractivity contribution < 1.29 is 24.2 Å². The summed E-state index contributed by atoms with van der Waals surface area (Å²) in [4.78, 5) is 42.5. The third-order valence-electron chi connectivity index (χ3n) is 8.02. The van der Waals surface area contributed by atoms with Gasteiger partial charge in [-0.2, -0.15) is 5.10 Å². The number of nitrogens with one attached hydrogen (secondary N) is 1. The number of ether oxygens (including phenoxy) is 1. The molecule has 11 nitrogen and oxygen atoms in total. The van der Waals surface area contributed by atoms with Gasteiger partial charge in [-0.1, -0.05) is 6.07 Å². The Morgan fingerprint density at radius 1 is 1.14 bits per heavy atom. The number of nitrogens with zero attached hydrogens (tertiary/aromatic N) is 5. The Bertz CT molecular complexity index is 1280. The molecule has 1 fully saturated rings. The van der Waals surface area contributed by atoms with E-state index in [2.05, 4.69) is 15.3 Å². The number of anilines is 1. The summed E-state index contributed by atoms with van der Waals surface area (Å²) < 4.78 is 7.31. The molecule has 2 aliphatic heterocycles. The molecule has 2 aliphatic rings. The highest BCUT2D eigenvalue weighted by atomic mass is 16.6. The lowest BCUT2D eigenvalue weighted by atomic mass is 9.88. The van der Waals surface area contributed by atoms with E-state index in [1.165, 1.54) is 4.90 Å². The SMILES string of the molecule is CC(=O)N1c2ccc(-c3cnn(CCN4CCC(NC(=O)OC(C)(C)C)CC4)c3)cc2C(N(C(=O)O)C(C)C)CC1C. The van der Waals surface area contributed by atoms with E-state index in [9.17, 15) is 19.5 Å². The number of likely N-dealkylation sites (tertiary alicyclic amines) is 1. The fourth-order valence-corrected chi connectivity index (χ4v) is 6.12. The van der Waals surface area contributed by atoms with Crippen LogP contribution in [0.2, 0.25) is 0 Å². The molecular formula is C31H46N6O5. The molecule has 3 amide bonds. The van der Waals surface area contributed by atoms with Crippen LogP contribution >= 0.6 is 0 Å². The van der Waals surface area contributed by atoms with Gasteiger partial charge in [-0.25, -0.2) is 9.59 Å². The molecule has 2 unspecified atom stereocenters. The number of alkyl carbamates (subject to hydrolysis) is 1. The van der Waals surface area contributed by atoms with Crippen molar-refractivity contribution in [1.82, 2.24) is 24.9 Å².